The van der Waals surface area contributed by atoms with Crippen LogP contribution in [0, 0.1) is 0 Å². The third-order valence-electron chi connectivity index (χ3n) is 5.87. The molecule has 0 spiro atoms. The van der Waals surface area contributed by atoms with Crippen molar-refractivity contribution in [3.8, 4) is 17.2 Å². The number of ketones is 1. The van der Waals surface area contributed by atoms with Crippen molar-refractivity contribution in [1.82, 2.24) is 5.32 Å². The third-order valence-corrected chi connectivity index (χ3v) is 5.87. The van der Waals surface area contributed by atoms with Gasteiger partial charge < -0.3 is 19.9 Å². The van der Waals surface area contributed by atoms with Crippen molar-refractivity contribution in [2.24, 2.45) is 0 Å². The van der Waals surface area contributed by atoms with Crippen molar-refractivity contribution in [2.45, 2.75) is 51.0 Å². The molecule has 0 radical (unpaired) electrons. The Morgan fingerprint density at radius 2 is 1.71 bits per heavy atom. The fourth-order valence-corrected chi connectivity index (χ4v) is 4.48. The molecule has 0 unspecified atom stereocenters. The molecule has 0 saturated heterocycles. The summed E-state index contributed by atoms with van der Waals surface area (Å²) in [6, 6.07) is 12.8. The number of aromatic hydroxyl groups is 1. The Morgan fingerprint density at radius 1 is 1.00 bits per heavy atom. The summed E-state index contributed by atoms with van der Waals surface area (Å²) >= 11 is 0. The summed E-state index contributed by atoms with van der Waals surface area (Å²) < 4.78 is 10.9. The molecule has 2 aliphatic rings. The van der Waals surface area contributed by atoms with E-state index in [1.165, 1.54) is 13.2 Å². The molecule has 1 amide bonds. The predicted octanol–water partition coefficient (Wildman–Crippen LogP) is 4.19. The number of carbonyl (C=O) groups excluding carboxylic acids is 2. The van der Waals surface area contributed by atoms with Crippen LogP contribution in [-0.2, 0) is 9.59 Å². The standard InChI is InChI=1S/C25H27NO5/c1-14(2)31-18-7-4-15(5-8-18)17-10-20-25(22(28)11-17)19(13-24(29)26-20)16-6-9-21(27)23(12-16)30-3/h4-9,12,14,17,19,27H,10-11,13H2,1-3H3,(H,26,29)/t17-,19+/m0/s1. The van der Waals surface area contributed by atoms with Crippen molar-refractivity contribution in [3.05, 3.63) is 64.9 Å². The van der Waals surface area contributed by atoms with Crippen LogP contribution in [0.5, 0.6) is 17.2 Å². The fraction of sp³-hybridized carbons (Fsp3) is 0.360. The van der Waals surface area contributed by atoms with E-state index in [0.717, 1.165) is 16.9 Å². The summed E-state index contributed by atoms with van der Waals surface area (Å²) in [4.78, 5) is 25.7. The van der Waals surface area contributed by atoms with E-state index in [0.29, 0.717) is 29.9 Å². The SMILES string of the molecule is COc1cc([C@H]2CC(=O)NC3=C2C(=O)C[C@@H](c2ccc(OC(C)C)cc2)C3)ccc1O. The molecule has 4 rings (SSSR count). The van der Waals surface area contributed by atoms with Gasteiger partial charge in [-0.05, 0) is 61.6 Å². The lowest BCUT2D eigenvalue weighted by Gasteiger charge is -2.34. The number of amides is 1. The number of nitrogens with one attached hydrogen (secondary N) is 1. The van der Waals surface area contributed by atoms with Gasteiger partial charge in [0.2, 0.25) is 5.91 Å². The van der Waals surface area contributed by atoms with Crippen LogP contribution in [0.25, 0.3) is 0 Å². The van der Waals surface area contributed by atoms with Gasteiger partial charge in [0.05, 0.1) is 13.2 Å². The number of hydrogen-bond acceptors (Lipinski definition) is 5. The fourth-order valence-electron chi connectivity index (χ4n) is 4.48. The van der Waals surface area contributed by atoms with Crippen molar-refractivity contribution in [1.29, 1.82) is 0 Å². The molecule has 0 aromatic heterocycles. The number of phenols is 1. The number of methoxy groups -OCH3 is 1. The van der Waals surface area contributed by atoms with Gasteiger partial charge in [-0.15, -0.1) is 0 Å². The maximum Gasteiger partial charge on any atom is 0.225 e. The molecule has 162 valence electrons. The first kappa shape index (κ1) is 21.0. The highest BCUT2D eigenvalue weighted by atomic mass is 16.5. The second kappa shape index (κ2) is 8.46. The number of hydrogen-bond donors (Lipinski definition) is 2. The summed E-state index contributed by atoms with van der Waals surface area (Å²) in [6.45, 7) is 3.96. The van der Waals surface area contributed by atoms with E-state index in [-0.39, 0.29) is 41.8 Å². The molecule has 6 nitrogen and oxygen atoms in total. The zero-order valence-electron chi connectivity index (χ0n) is 18.0. The van der Waals surface area contributed by atoms with Crippen molar-refractivity contribution >= 4 is 11.7 Å². The minimum atomic E-state index is -0.339. The summed E-state index contributed by atoms with van der Waals surface area (Å²) in [5, 5.41) is 12.8. The second-order valence-electron chi connectivity index (χ2n) is 8.39. The van der Waals surface area contributed by atoms with Crippen LogP contribution in [0.15, 0.2) is 53.7 Å². The molecule has 0 bridgehead atoms. The van der Waals surface area contributed by atoms with Gasteiger partial charge in [0.25, 0.3) is 0 Å². The maximum atomic E-state index is 13.2. The molecule has 0 fully saturated rings. The summed E-state index contributed by atoms with van der Waals surface area (Å²) in [5.41, 5.74) is 3.22. The molecule has 2 aromatic carbocycles. The molecule has 2 atom stereocenters. The quantitative estimate of drug-likeness (QED) is 0.756. The Kier molecular flexibility index (Phi) is 5.72. The number of Topliss-reactive ketones (excluding diaryl/α,β-unsaturated/α-hetero) is 1. The van der Waals surface area contributed by atoms with Gasteiger partial charge >= 0.3 is 0 Å². The lowest BCUT2D eigenvalue weighted by Crippen LogP contribution is -2.38. The second-order valence-corrected chi connectivity index (χ2v) is 8.39. The lowest BCUT2D eigenvalue weighted by molar-refractivity contribution is -0.122. The van der Waals surface area contributed by atoms with Crippen LogP contribution < -0.4 is 14.8 Å². The highest BCUT2D eigenvalue weighted by Crippen LogP contribution is 2.44. The highest BCUT2D eigenvalue weighted by Gasteiger charge is 2.38. The molecular weight excluding hydrogens is 394 g/mol. The number of rotatable bonds is 5. The molecular formula is C25H27NO5. The van der Waals surface area contributed by atoms with Gasteiger partial charge in [-0.25, -0.2) is 0 Å². The van der Waals surface area contributed by atoms with Crippen LogP contribution in [0.4, 0.5) is 0 Å². The average Bonchev–Trinajstić information content (AvgIpc) is 2.73. The number of carbonyl (C=O) groups is 2. The maximum absolute atomic E-state index is 13.2. The molecule has 1 aliphatic heterocycles. The predicted molar refractivity (Wildman–Crippen MR) is 116 cm³/mol. The Balaban J connectivity index is 1.63. The van der Waals surface area contributed by atoms with Crippen molar-refractivity contribution < 1.29 is 24.2 Å². The van der Waals surface area contributed by atoms with E-state index in [4.69, 9.17) is 9.47 Å². The Hall–Kier alpha value is -3.28. The molecule has 31 heavy (non-hydrogen) atoms. The smallest absolute Gasteiger partial charge is 0.225 e. The van der Waals surface area contributed by atoms with E-state index in [9.17, 15) is 14.7 Å². The first-order valence-corrected chi connectivity index (χ1v) is 10.5. The minimum absolute atomic E-state index is 0.00718. The largest absolute Gasteiger partial charge is 0.504 e. The lowest BCUT2D eigenvalue weighted by atomic mass is 9.73. The molecule has 2 N–H and O–H groups in total. The topological polar surface area (TPSA) is 84.9 Å². The van der Waals surface area contributed by atoms with Crippen LogP contribution in [-0.4, -0.2) is 30.0 Å². The number of phenolic OH excluding ortho intramolecular Hbond substituents is 1. The zero-order chi connectivity index (χ0) is 22.1. The summed E-state index contributed by atoms with van der Waals surface area (Å²) in [7, 11) is 1.48. The Labute approximate surface area is 181 Å². The molecule has 1 heterocycles. The Bertz CT molecular complexity index is 1040. The molecule has 6 heteroatoms. The van der Waals surface area contributed by atoms with E-state index >= 15 is 0 Å². The van der Waals surface area contributed by atoms with Gasteiger partial charge in [0.15, 0.2) is 17.3 Å². The highest BCUT2D eigenvalue weighted by molar-refractivity contribution is 6.02. The van der Waals surface area contributed by atoms with Crippen LogP contribution >= 0.6 is 0 Å². The van der Waals surface area contributed by atoms with Crippen molar-refractivity contribution in [3.63, 3.8) is 0 Å². The first-order chi connectivity index (χ1) is 14.9. The Morgan fingerprint density at radius 3 is 2.39 bits per heavy atom. The van der Waals surface area contributed by atoms with Crippen LogP contribution in [0.1, 0.15) is 56.1 Å². The van der Waals surface area contributed by atoms with E-state index in [1.54, 1.807) is 12.1 Å². The first-order valence-electron chi connectivity index (χ1n) is 10.5. The normalized spacial score (nSPS) is 21.0. The van der Waals surface area contributed by atoms with E-state index < -0.39 is 0 Å². The molecule has 1 aliphatic carbocycles. The zero-order valence-corrected chi connectivity index (χ0v) is 18.0. The number of ether oxygens (including phenoxy) is 2. The summed E-state index contributed by atoms with van der Waals surface area (Å²) in [5.74, 6) is 0.765. The van der Waals surface area contributed by atoms with Gasteiger partial charge in [0, 0.05) is 30.0 Å². The van der Waals surface area contributed by atoms with E-state index in [2.05, 4.69) is 5.32 Å². The van der Waals surface area contributed by atoms with E-state index in [1.807, 2.05) is 38.1 Å². The summed E-state index contributed by atoms with van der Waals surface area (Å²) in [6.07, 6.45) is 1.29. The molecule has 2 aromatic rings. The monoisotopic (exact) mass is 421 g/mol. The van der Waals surface area contributed by atoms with Gasteiger partial charge in [-0.1, -0.05) is 18.2 Å². The van der Waals surface area contributed by atoms with Gasteiger partial charge in [0.1, 0.15) is 5.75 Å². The van der Waals surface area contributed by atoms with Gasteiger partial charge in [-0.3, -0.25) is 9.59 Å². The number of allylic oxidation sites excluding steroid dienone is 2. The third kappa shape index (κ3) is 4.29. The van der Waals surface area contributed by atoms with Crippen LogP contribution in [0.2, 0.25) is 0 Å². The van der Waals surface area contributed by atoms with Crippen LogP contribution in [0.3, 0.4) is 0 Å². The van der Waals surface area contributed by atoms with Gasteiger partial charge in [-0.2, -0.15) is 0 Å². The minimum Gasteiger partial charge on any atom is -0.504 e. The van der Waals surface area contributed by atoms with Crippen molar-refractivity contribution in [2.75, 3.05) is 7.11 Å². The number of benzene rings is 2. The molecule has 0 saturated carbocycles. The average molecular weight is 421 g/mol.